The Labute approximate surface area is 72.5 Å². The van der Waals surface area contributed by atoms with E-state index in [9.17, 15) is 0 Å². The molecule has 72 valence electrons. The van der Waals surface area contributed by atoms with Gasteiger partial charge in [-0.2, -0.15) is 0 Å². The van der Waals surface area contributed by atoms with Gasteiger partial charge in [-0.05, 0) is 25.9 Å². The van der Waals surface area contributed by atoms with Gasteiger partial charge in [-0.25, -0.2) is 0 Å². The van der Waals surface area contributed by atoms with Crippen molar-refractivity contribution < 1.29 is 19.8 Å². The molecule has 0 saturated heterocycles. The molecule has 0 spiro atoms. The van der Waals surface area contributed by atoms with Gasteiger partial charge in [-0.1, -0.05) is 0 Å². The average Bonchev–Trinajstić information content (AvgIpc) is 2.02. The Balaban J connectivity index is 2.82. The lowest BCUT2D eigenvalue weighted by atomic mass is 10.2. The zero-order valence-electron chi connectivity index (χ0n) is 7.07. The summed E-state index contributed by atoms with van der Waals surface area (Å²) >= 11 is 0. The minimum absolute atomic E-state index is 0.193. The fourth-order valence-electron chi connectivity index (χ4n) is 0.715. The Morgan fingerprint density at radius 1 is 1.17 bits per heavy atom. The van der Waals surface area contributed by atoms with E-state index in [4.69, 9.17) is 15.2 Å². The maximum Gasteiger partial charge on any atom is 0.633 e. The molecule has 0 radical (unpaired) electrons. The van der Waals surface area contributed by atoms with Crippen LogP contribution >= 0.6 is 0 Å². The molecule has 0 aliphatic carbocycles. The van der Waals surface area contributed by atoms with Crippen LogP contribution in [0.25, 0.3) is 0 Å². The third-order valence-corrected chi connectivity index (χ3v) is 1.28. The van der Waals surface area contributed by atoms with Gasteiger partial charge in [0, 0.05) is 13.2 Å². The summed E-state index contributed by atoms with van der Waals surface area (Å²) < 4.78 is 4.47. The van der Waals surface area contributed by atoms with Crippen molar-refractivity contribution in [2.75, 3.05) is 26.3 Å². The van der Waals surface area contributed by atoms with Gasteiger partial charge < -0.3 is 25.1 Å². The summed E-state index contributed by atoms with van der Waals surface area (Å²) in [5.41, 5.74) is 0. The van der Waals surface area contributed by atoms with Crippen molar-refractivity contribution in [1.29, 1.82) is 0 Å². The normalized spacial score (nSPS) is 10.2. The van der Waals surface area contributed by atoms with Gasteiger partial charge in [0.05, 0.1) is 0 Å². The summed E-state index contributed by atoms with van der Waals surface area (Å²) in [6, 6.07) is 0. The first kappa shape index (κ1) is 11.9. The van der Waals surface area contributed by atoms with E-state index < -0.39 is 7.32 Å². The fourth-order valence-corrected chi connectivity index (χ4v) is 0.715. The molecule has 0 aliphatic rings. The van der Waals surface area contributed by atoms with Gasteiger partial charge >= 0.3 is 7.32 Å². The maximum atomic E-state index is 8.41. The van der Waals surface area contributed by atoms with Crippen LogP contribution in [0.1, 0.15) is 12.8 Å². The van der Waals surface area contributed by atoms with E-state index in [2.05, 4.69) is 9.97 Å². The molecule has 0 aromatic carbocycles. The van der Waals surface area contributed by atoms with Crippen LogP contribution in [0.15, 0.2) is 0 Å². The third-order valence-electron chi connectivity index (χ3n) is 1.28. The Morgan fingerprint density at radius 3 is 2.42 bits per heavy atom. The van der Waals surface area contributed by atoms with Crippen LogP contribution < -0.4 is 5.32 Å². The second kappa shape index (κ2) is 8.96. The number of aliphatic hydroxyl groups excluding tert-OH is 1. The molecule has 4 N–H and O–H groups in total. The van der Waals surface area contributed by atoms with E-state index in [0.717, 1.165) is 25.9 Å². The lowest BCUT2D eigenvalue weighted by Crippen LogP contribution is -2.22. The number of hydrogen-bond donors (Lipinski definition) is 4. The largest absolute Gasteiger partial charge is 0.633 e. The van der Waals surface area contributed by atoms with E-state index in [-0.39, 0.29) is 6.61 Å². The van der Waals surface area contributed by atoms with Crippen LogP contribution in [0.5, 0.6) is 0 Å². The van der Waals surface area contributed by atoms with Crippen molar-refractivity contribution in [3.05, 3.63) is 0 Å². The van der Waals surface area contributed by atoms with E-state index in [1.54, 1.807) is 0 Å². The molecule has 0 bridgehead atoms. The average molecular weight is 177 g/mol. The summed E-state index contributed by atoms with van der Waals surface area (Å²) in [5, 5.41) is 28.0. The van der Waals surface area contributed by atoms with Crippen molar-refractivity contribution in [2.45, 2.75) is 12.8 Å². The molecule has 0 aliphatic heterocycles. The molecule has 0 saturated carbocycles. The number of hydrogen-bond acceptors (Lipinski definition) is 5. The number of aliphatic hydroxyl groups is 1. The SMILES string of the molecule is OCCCNCCCOB(O)O. The van der Waals surface area contributed by atoms with Crippen molar-refractivity contribution in [2.24, 2.45) is 0 Å². The van der Waals surface area contributed by atoms with Gasteiger partial charge in [-0.3, -0.25) is 0 Å². The first-order chi connectivity index (χ1) is 5.77. The van der Waals surface area contributed by atoms with Gasteiger partial charge in [0.25, 0.3) is 0 Å². The maximum absolute atomic E-state index is 8.41. The van der Waals surface area contributed by atoms with Crippen molar-refractivity contribution in [3.63, 3.8) is 0 Å². The molecule has 5 nitrogen and oxygen atoms in total. The van der Waals surface area contributed by atoms with Crippen molar-refractivity contribution in [1.82, 2.24) is 5.32 Å². The predicted octanol–water partition coefficient (Wildman–Crippen LogP) is -1.67. The zero-order valence-corrected chi connectivity index (χ0v) is 7.07. The summed E-state index contributed by atoms with van der Waals surface area (Å²) in [7, 11) is -1.66. The van der Waals surface area contributed by atoms with Gasteiger partial charge in [-0.15, -0.1) is 0 Å². The molecule has 0 unspecified atom stereocenters. The first-order valence-corrected chi connectivity index (χ1v) is 4.06. The monoisotopic (exact) mass is 177 g/mol. The molecular weight excluding hydrogens is 161 g/mol. The van der Waals surface area contributed by atoms with Crippen LogP contribution in [0.2, 0.25) is 0 Å². The van der Waals surface area contributed by atoms with E-state index in [1.165, 1.54) is 0 Å². The lowest BCUT2D eigenvalue weighted by Gasteiger charge is -2.03. The lowest BCUT2D eigenvalue weighted by molar-refractivity contribution is 0.183. The Kier molecular flexibility index (Phi) is 8.86. The molecule has 0 fully saturated rings. The highest BCUT2D eigenvalue weighted by atomic mass is 16.6. The van der Waals surface area contributed by atoms with Crippen LogP contribution in [0.3, 0.4) is 0 Å². The van der Waals surface area contributed by atoms with Crippen molar-refractivity contribution >= 4 is 7.32 Å². The Bertz CT molecular complexity index is 93.6. The summed E-state index contributed by atoms with van der Waals surface area (Å²) in [4.78, 5) is 0. The smallest absolute Gasteiger partial charge is 0.402 e. The predicted molar refractivity (Wildman–Crippen MR) is 45.3 cm³/mol. The third kappa shape index (κ3) is 9.86. The van der Waals surface area contributed by atoms with Crippen LogP contribution in [-0.2, 0) is 4.65 Å². The highest BCUT2D eigenvalue weighted by Crippen LogP contribution is 1.82. The molecule has 0 rings (SSSR count). The standard InChI is InChI=1S/C6H16BNO4/c9-5-1-3-8-4-2-6-12-7(10)11/h8-11H,1-6H2. The highest BCUT2D eigenvalue weighted by molar-refractivity contribution is 6.32. The molecule has 0 heterocycles. The molecule has 0 amide bonds. The fraction of sp³-hybridized carbons (Fsp3) is 1.00. The van der Waals surface area contributed by atoms with Gasteiger partial charge in [0.1, 0.15) is 0 Å². The number of nitrogens with one attached hydrogen (secondary N) is 1. The first-order valence-electron chi connectivity index (χ1n) is 4.06. The van der Waals surface area contributed by atoms with E-state index in [1.807, 2.05) is 0 Å². The Hall–Kier alpha value is -0.135. The molecule has 0 aromatic rings. The van der Waals surface area contributed by atoms with E-state index in [0.29, 0.717) is 6.61 Å². The zero-order chi connectivity index (χ0) is 9.23. The minimum atomic E-state index is -1.66. The summed E-state index contributed by atoms with van der Waals surface area (Å²) in [6.07, 6.45) is 1.46. The Morgan fingerprint density at radius 2 is 1.83 bits per heavy atom. The molecule has 0 atom stereocenters. The van der Waals surface area contributed by atoms with Gasteiger partial charge in [0.2, 0.25) is 0 Å². The summed E-state index contributed by atoms with van der Waals surface area (Å²) in [6.45, 7) is 2.05. The number of rotatable bonds is 8. The quantitative estimate of drug-likeness (QED) is 0.263. The second-order valence-corrected chi connectivity index (χ2v) is 2.38. The molecule has 0 aromatic heterocycles. The molecular formula is C6H16BNO4. The van der Waals surface area contributed by atoms with Gasteiger partial charge in [0.15, 0.2) is 0 Å². The van der Waals surface area contributed by atoms with Crippen LogP contribution in [0.4, 0.5) is 0 Å². The topological polar surface area (TPSA) is 82.0 Å². The minimum Gasteiger partial charge on any atom is -0.402 e. The molecule has 12 heavy (non-hydrogen) atoms. The summed E-state index contributed by atoms with van der Waals surface area (Å²) in [5.74, 6) is 0. The van der Waals surface area contributed by atoms with Crippen molar-refractivity contribution in [3.8, 4) is 0 Å². The van der Waals surface area contributed by atoms with Crippen LogP contribution in [-0.4, -0.2) is 48.8 Å². The highest BCUT2D eigenvalue weighted by Gasteiger charge is 2.06. The van der Waals surface area contributed by atoms with E-state index >= 15 is 0 Å². The molecule has 6 heteroatoms. The second-order valence-electron chi connectivity index (χ2n) is 2.38. The van der Waals surface area contributed by atoms with Crippen LogP contribution in [0, 0.1) is 0 Å².